The zero-order chi connectivity index (χ0) is 16.8. The van der Waals surface area contributed by atoms with E-state index in [9.17, 15) is 18.4 Å². The van der Waals surface area contributed by atoms with Crippen LogP contribution in [0.15, 0.2) is 24.3 Å². The third kappa shape index (κ3) is 6.04. The Morgan fingerprint density at radius 3 is 2.32 bits per heavy atom. The van der Waals surface area contributed by atoms with Crippen molar-refractivity contribution in [2.45, 2.75) is 25.8 Å². The van der Waals surface area contributed by atoms with E-state index in [0.717, 1.165) is 0 Å². The van der Waals surface area contributed by atoms with Gasteiger partial charge in [0.15, 0.2) is 0 Å². The first-order valence-electron chi connectivity index (χ1n) is 6.77. The Labute approximate surface area is 127 Å². The molecular formula is C14H20F2N4O2. The second-order valence-electron chi connectivity index (χ2n) is 5.07. The smallest absolute Gasteiger partial charge is 0.319 e. The van der Waals surface area contributed by atoms with E-state index < -0.39 is 24.9 Å². The monoisotopic (exact) mass is 314 g/mol. The average molecular weight is 314 g/mol. The van der Waals surface area contributed by atoms with Gasteiger partial charge in [0.1, 0.15) is 0 Å². The summed E-state index contributed by atoms with van der Waals surface area (Å²) in [4.78, 5) is 23.2. The molecule has 0 bridgehead atoms. The highest BCUT2D eigenvalue weighted by atomic mass is 19.3. The van der Waals surface area contributed by atoms with Gasteiger partial charge in [-0.3, -0.25) is 4.79 Å². The minimum Gasteiger partial charge on any atom is -0.346 e. The van der Waals surface area contributed by atoms with Gasteiger partial charge in [0.25, 0.3) is 11.8 Å². The fraction of sp³-hybridized carbons (Fsp3) is 0.429. The summed E-state index contributed by atoms with van der Waals surface area (Å²) in [5, 5.41) is 7.34. The van der Waals surface area contributed by atoms with Crippen molar-refractivity contribution in [3.63, 3.8) is 0 Å². The van der Waals surface area contributed by atoms with Crippen LogP contribution in [0.5, 0.6) is 0 Å². The number of halogens is 2. The molecule has 0 heterocycles. The zero-order valence-electron chi connectivity index (χ0n) is 12.5. The number of anilines is 1. The quantitative estimate of drug-likeness (QED) is 0.641. The van der Waals surface area contributed by atoms with Gasteiger partial charge >= 0.3 is 6.03 Å². The number of carbonyl (C=O) groups is 2. The van der Waals surface area contributed by atoms with Crippen LogP contribution in [0, 0.1) is 0 Å². The molecule has 0 aromatic heterocycles. The molecule has 1 aromatic rings. The van der Waals surface area contributed by atoms with Gasteiger partial charge in [-0.15, -0.1) is 0 Å². The summed E-state index contributed by atoms with van der Waals surface area (Å²) in [6, 6.07) is 5.51. The summed E-state index contributed by atoms with van der Waals surface area (Å²) in [5.74, 6) is -3.77. The van der Waals surface area contributed by atoms with Gasteiger partial charge in [-0.05, 0) is 38.1 Å². The molecule has 1 aromatic carbocycles. The van der Waals surface area contributed by atoms with E-state index in [2.05, 4.69) is 16.0 Å². The number of amides is 3. The molecule has 8 heteroatoms. The molecule has 5 N–H and O–H groups in total. The second kappa shape index (κ2) is 7.69. The summed E-state index contributed by atoms with van der Waals surface area (Å²) < 4.78 is 25.9. The van der Waals surface area contributed by atoms with Gasteiger partial charge in [-0.1, -0.05) is 0 Å². The van der Waals surface area contributed by atoms with Crippen LogP contribution in [0.2, 0.25) is 0 Å². The summed E-state index contributed by atoms with van der Waals surface area (Å²) in [6.45, 7) is 1.99. The molecule has 0 aliphatic heterocycles. The van der Waals surface area contributed by atoms with Crippen LogP contribution in [-0.4, -0.2) is 37.0 Å². The molecule has 0 aliphatic rings. The molecule has 0 spiro atoms. The number of hydrogen-bond acceptors (Lipinski definition) is 3. The average Bonchev–Trinajstić information content (AvgIpc) is 2.44. The van der Waals surface area contributed by atoms with E-state index in [4.69, 9.17) is 5.73 Å². The van der Waals surface area contributed by atoms with Crippen LogP contribution in [-0.2, 0) is 0 Å². The van der Waals surface area contributed by atoms with E-state index in [1.807, 2.05) is 13.8 Å². The highest BCUT2D eigenvalue weighted by Crippen LogP contribution is 2.11. The maximum atomic E-state index is 12.9. The number of nitrogens with one attached hydrogen (secondary N) is 3. The lowest BCUT2D eigenvalue weighted by atomic mass is 10.2. The number of hydrogen-bond donors (Lipinski definition) is 4. The molecule has 0 atom stereocenters. The Bertz CT molecular complexity index is 518. The molecular weight excluding hydrogens is 294 g/mol. The van der Waals surface area contributed by atoms with Gasteiger partial charge in [-0.25, -0.2) is 13.6 Å². The molecule has 1 rings (SSSR count). The van der Waals surface area contributed by atoms with E-state index in [1.165, 1.54) is 24.3 Å². The number of nitrogens with two attached hydrogens (primary N) is 1. The molecule has 0 saturated carbocycles. The topological polar surface area (TPSA) is 96.2 Å². The first kappa shape index (κ1) is 17.8. The van der Waals surface area contributed by atoms with Crippen LogP contribution in [0.3, 0.4) is 0 Å². The number of urea groups is 1. The number of carbonyl (C=O) groups excluding carboxylic acids is 2. The molecule has 0 fully saturated rings. The lowest BCUT2D eigenvalue weighted by Crippen LogP contribution is -2.41. The Kier molecular flexibility index (Phi) is 6.24. The zero-order valence-corrected chi connectivity index (χ0v) is 12.5. The third-order valence-corrected chi connectivity index (χ3v) is 2.63. The standard InChI is InChI=1S/C14H20F2N4O2/c1-9(2)19-13(22)20-11-5-3-10(4-6-11)12(21)18-8-14(15,16)7-17/h3-6,9H,7-8,17H2,1-2H3,(H,18,21)(H2,19,20,22). The predicted molar refractivity (Wildman–Crippen MR) is 80.1 cm³/mol. The SMILES string of the molecule is CC(C)NC(=O)Nc1ccc(C(=O)NCC(F)(F)CN)cc1. The van der Waals surface area contributed by atoms with Crippen molar-refractivity contribution >= 4 is 17.6 Å². The Morgan fingerprint density at radius 1 is 1.23 bits per heavy atom. The third-order valence-electron chi connectivity index (χ3n) is 2.63. The molecule has 0 unspecified atom stereocenters. The lowest BCUT2D eigenvalue weighted by Gasteiger charge is -2.14. The van der Waals surface area contributed by atoms with Crippen molar-refractivity contribution in [2.75, 3.05) is 18.4 Å². The lowest BCUT2D eigenvalue weighted by molar-refractivity contribution is 0.0118. The summed E-state index contributed by atoms with van der Waals surface area (Å²) in [7, 11) is 0. The van der Waals surface area contributed by atoms with Gasteiger partial charge in [0.05, 0.1) is 13.1 Å². The van der Waals surface area contributed by atoms with Crippen molar-refractivity contribution < 1.29 is 18.4 Å². The first-order chi connectivity index (χ1) is 10.2. The molecule has 3 amide bonds. The number of alkyl halides is 2. The van der Waals surface area contributed by atoms with E-state index in [-0.39, 0.29) is 17.6 Å². The van der Waals surface area contributed by atoms with Crippen LogP contribution in [0.1, 0.15) is 24.2 Å². The van der Waals surface area contributed by atoms with E-state index in [1.54, 1.807) is 0 Å². The van der Waals surface area contributed by atoms with Crippen LogP contribution in [0.25, 0.3) is 0 Å². The van der Waals surface area contributed by atoms with Crippen molar-refractivity contribution in [1.29, 1.82) is 0 Å². The largest absolute Gasteiger partial charge is 0.346 e. The van der Waals surface area contributed by atoms with Crippen LogP contribution in [0.4, 0.5) is 19.3 Å². The highest BCUT2D eigenvalue weighted by molar-refractivity contribution is 5.95. The van der Waals surface area contributed by atoms with Crippen molar-refractivity contribution in [1.82, 2.24) is 10.6 Å². The van der Waals surface area contributed by atoms with Crippen LogP contribution < -0.4 is 21.7 Å². The predicted octanol–water partition coefficient (Wildman–Crippen LogP) is 1.54. The van der Waals surface area contributed by atoms with E-state index in [0.29, 0.717) is 5.69 Å². The minimum atomic E-state index is -3.13. The molecule has 122 valence electrons. The van der Waals surface area contributed by atoms with Crippen molar-refractivity contribution in [2.24, 2.45) is 5.73 Å². The fourth-order valence-corrected chi connectivity index (χ4v) is 1.52. The number of rotatable bonds is 6. The van der Waals surface area contributed by atoms with Crippen molar-refractivity contribution in [3.05, 3.63) is 29.8 Å². The van der Waals surface area contributed by atoms with E-state index >= 15 is 0 Å². The minimum absolute atomic E-state index is 0.00531. The fourth-order valence-electron chi connectivity index (χ4n) is 1.52. The maximum Gasteiger partial charge on any atom is 0.319 e. The number of benzene rings is 1. The van der Waals surface area contributed by atoms with Gasteiger partial charge in [-0.2, -0.15) is 0 Å². The summed E-state index contributed by atoms with van der Waals surface area (Å²) in [5.41, 5.74) is 5.58. The molecule has 0 radical (unpaired) electrons. The van der Waals surface area contributed by atoms with Gasteiger partial charge < -0.3 is 21.7 Å². The van der Waals surface area contributed by atoms with Gasteiger partial charge in [0, 0.05) is 17.3 Å². The molecule has 6 nitrogen and oxygen atoms in total. The maximum absolute atomic E-state index is 12.9. The highest BCUT2D eigenvalue weighted by Gasteiger charge is 2.27. The first-order valence-corrected chi connectivity index (χ1v) is 6.77. The summed E-state index contributed by atoms with van der Waals surface area (Å²) >= 11 is 0. The Hall–Kier alpha value is -2.22. The molecule has 0 saturated heterocycles. The Morgan fingerprint density at radius 2 is 1.82 bits per heavy atom. The summed E-state index contributed by atoms with van der Waals surface area (Å²) in [6.07, 6.45) is 0. The normalized spacial score (nSPS) is 11.2. The second-order valence-corrected chi connectivity index (χ2v) is 5.07. The Balaban J connectivity index is 2.57. The van der Waals surface area contributed by atoms with Gasteiger partial charge in [0.2, 0.25) is 0 Å². The van der Waals surface area contributed by atoms with Crippen LogP contribution >= 0.6 is 0 Å². The molecule has 22 heavy (non-hydrogen) atoms. The molecule has 0 aliphatic carbocycles. The van der Waals surface area contributed by atoms with Crippen molar-refractivity contribution in [3.8, 4) is 0 Å².